The van der Waals surface area contributed by atoms with Gasteiger partial charge in [-0.05, 0) is 25.8 Å². The molecule has 0 amide bonds. The summed E-state index contributed by atoms with van der Waals surface area (Å²) in [4.78, 5) is 6.87. The molecule has 2 aliphatic rings. The molecule has 2 N–H and O–H groups in total. The minimum Gasteiger partial charge on any atom is -0.487 e. The second-order valence-corrected chi connectivity index (χ2v) is 7.25. The highest BCUT2D eigenvalue weighted by molar-refractivity contribution is 5.81. The predicted octanol–water partition coefficient (Wildman–Crippen LogP) is 2.73. The maximum atomic E-state index is 6.21. The molecule has 1 aromatic carbocycles. The Morgan fingerprint density at radius 3 is 2.76 bits per heavy atom. The summed E-state index contributed by atoms with van der Waals surface area (Å²) >= 11 is 0. The SMILES string of the molecule is CC(C)CN1C(N)=NCC12CC(C)(C)Oc1ccccc12. The molecule has 0 saturated carbocycles. The van der Waals surface area contributed by atoms with E-state index in [9.17, 15) is 0 Å². The lowest BCUT2D eigenvalue weighted by Gasteiger charge is -2.49. The molecule has 21 heavy (non-hydrogen) atoms. The number of hydrogen-bond donors (Lipinski definition) is 1. The number of aliphatic imine (C=N–C) groups is 1. The normalized spacial score (nSPS) is 26.7. The summed E-state index contributed by atoms with van der Waals surface area (Å²) in [6.07, 6.45) is 0.897. The Morgan fingerprint density at radius 1 is 1.33 bits per heavy atom. The second kappa shape index (κ2) is 4.65. The molecule has 0 radical (unpaired) electrons. The van der Waals surface area contributed by atoms with Crippen LogP contribution in [0.4, 0.5) is 0 Å². The van der Waals surface area contributed by atoms with E-state index >= 15 is 0 Å². The Labute approximate surface area is 127 Å². The summed E-state index contributed by atoms with van der Waals surface area (Å²) in [7, 11) is 0. The van der Waals surface area contributed by atoms with E-state index < -0.39 is 0 Å². The second-order valence-electron chi connectivity index (χ2n) is 7.25. The molecule has 0 fully saturated rings. The Balaban J connectivity index is 2.11. The van der Waals surface area contributed by atoms with Gasteiger partial charge in [-0.3, -0.25) is 4.99 Å². The predicted molar refractivity (Wildman–Crippen MR) is 85.5 cm³/mol. The molecule has 0 aromatic heterocycles. The summed E-state index contributed by atoms with van der Waals surface area (Å²) in [5.74, 6) is 2.16. The van der Waals surface area contributed by atoms with Gasteiger partial charge < -0.3 is 15.4 Å². The highest BCUT2D eigenvalue weighted by Crippen LogP contribution is 2.48. The molecule has 1 aromatic rings. The molecule has 0 bridgehead atoms. The summed E-state index contributed by atoms with van der Waals surface area (Å²) in [5.41, 5.74) is 7.05. The van der Waals surface area contributed by atoms with E-state index in [1.807, 2.05) is 6.07 Å². The van der Waals surface area contributed by atoms with Crippen molar-refractivity contribution in [3.05, 3.63) is 29.8 Å². The number of para-hydroxylation sites is 1. The molecule has 4 nitrogen and oxygen atoms in total. The number of rotatable bonds is 2. The average Bonchev–Trinajstić information content (AvgIpc) is 2.67. The fraction of sp³-hybridized carbons (Fsp3) is 0.588. The van der Waals surface area contributed by atoms with Crippen LogP contribution in [0.1, 0.15) is 39.7 Å². The van der Waals surface area contributed by atoms with Crippen LogP contribution in [0.3, 0.4) is 0 Å². The van der Waals surface area contributed by atoms with Crippen molar-refractivity contribution in [1.82, 2.24) is 4.90 Å². The third-order valence-electron chi connectivity index (χ3n) is 4.34. The van der Waals surface area contributed by atoms with Crippen molar-refractivity contribution < 1.29 is 4.74 Å². The van der Waals surface area contributed by atoms with Gasteiger partial charge in [0.2, 0.25) is 0 Å². The molecule has 0 aliphatic carbocycles. The Hall–Kier alpha value is -1.71. The molecular weight excluding hydrogens is 262 g/mol. The van der Waals surface area contributed by atoms with Crippen molar-refractivity contribution in [3.63, 3.8) is 0 Å². The van der Waals surface area contributed by atoms with Gasteiger partial charge in [0.1, 0.15) is 11.4 Å². The molecule has 3 rings (SSSR count). The molecule has 4 heteroatoms. The summed E-state index contributed by atoms with van der Waals surface area (Å²) in [5, 5.41) is 0. The number of benzene rings is 1. The smallest absolute Gasteiger partial charge is 0.192 e. The molecule has 2 aliphatic heterocycles. The zero-order valence-electron chi connectivity index (χ0n) is 13.4. The Morgan fingerprint density at radius 2 is 2.05 bits per heavy atom. The number of nitrogens with zero attached hydrogens (tertiary/aromatic N) is 2. The lowest BCUT2D eigenvalue weighted by atomic mass is 9.76. The molecular formula is C17H25N3O. The Bertz CT molecular complexity index is 579. The van der Waals surface area contributed by atoms with Crippen molar-refractivity contribution in [2.45, 2.75) is 45.3 Å². The molecule has 0 saturated heterocycles. The number of hydrogen-bond acceptors (Lipinski definition) is 4. The van der Waals surface area contributed by atoms with Crippen LogP contribution in [0.25, 0.3) is 0 Å². The van der Waals surface area contributed by atoms with Crippen molar-refractivity contribution in [1.29, 1.82) is 0 Å². The van der Waals surface area contributed by atoms with E-state index in [-0.39, 0.29) is 11.1 Å². The zero-order chi connectivity index (χ0) is 15.3. The first-order valence-electron chi connectivity index (χ1n) is 7.70. The van der Waals surface area contributed by atoms with Gasteiger partial charge in [-0.2, -0.15) is 0 Å². The summed E-state index contributed by atoms with van der Waals surface area (Å²) in [6, 6.07) is 8.32. The molecule has 114 valence electrons. The maximum Gasteiger partial charge on any atom is 0.192 e. The highest BCUT2D eigenvalue weighted by atomic mass is 16.5. The quantitative estimate of drug-likeness (QED) is 0.910. The third-order valence-corrected chi connectivity index (χ3v) is 4.34. The number of nitrogens with two attached hydrogens (primary N) is 1. The van der Waals surface area contributed by atoms with Crippen molar-refractivity contribution in [3.8, 4) is 5.75 Å². The number of guanidine groups is 1. The lowest BCUT2D eigenvalue weighted by Crippen LogP contribution is -2.56. The average molecular weight is 287 g/mol. The topological polar surface area (TPSA) is 50.8 Å². The van der Waals surface area contributed by atoms with Gasteiger partial charge in [0, 0.05) is 18.5 Å². The van der Waals surface area contributed by atoms with Crippen molar-refractivity contribution in [2.75, 3.05) is 13.1 Å². The zero-order valence-corrected chi connectivity index (χ0v) is 13.4. The highest BCUT2D eigenvalue weighted by Gasteiger charge is 2.52. The first-order chi connectivity index (χ1) is 9.84. The first kappa shape index (κ1) is 14.2. The number of ether oxygens (including phenoxy) is 1. The summed E-state index contributed by atoms with van der Waals surface area (Å²) in [6.45, 7) is 10.4. The van der Waals surface area contributed by atoms with E-state index in [1.54, 1.807) is 0 Å². The first-order valence-corrected chi connectivity index (χ1v) is 7.70. The fourth-order valence-electron chi connectivity index (χ4n) is 3.69. The van der Waals surface area contributed by atoms with Crippen molar-refractivity contribution >= 4 is 5.96 Å². The van der Waals surface area contributed by atoms with E-state index in [2.05, 4.69) is 55.8 Å². The molecule has 2 heterocycles. The largest absolute Gasteiger partial charge is 0.487 e. The van der Waals surface area contributed by atoms with Gasteiger partial charge in [-0.1, -0.05) is 32.0 Å². The van der Waals surface area contributed by atoms with Gasteiger partial charge >= 0.3 is 0 Å². The van der Waals surface area contributed by atoms with E-state index in [0.717, 1.165) is 25.3 Å². The van der Waals surface area contributed by atoms with Crippen LogP contribution in [0.2, 0.25) is 0 Å². The lowest BCUT2D eigenvalue weighted by molar-refractivity contribution is 0.00547. The van der Waals surface area contributed by atoms with E-state index in [0.29, 0.717) is 11.9 Å². The maximum absolute atomic E-state index is 6.21. The van der Waals surface area contributed by atoms with Gasteiger partial charge in [0.05, 0.1) is 12.1 Å². The van der Waals surface area contributed by atoms with Crippen LogP contribution in [-0.4, -0.2) is 29.6 Å². The standard InChI is InChI=1S/C17H25N3O/c1-12(2)9-20-15(18)19-11-17(20)10-16(3,4)21-14-8-6-5-7-13(14)17/h5-8,12H,9-11H2,1-4H3,(H2,18,19). The van der Waals surface area contributed by atoms with E-state index in [1.165, 1.54) is 5.56 Å². The minimum absolute atomic E-state index is 0.160. The van der Waals surface area contributed by atoms with Crippen LogP contribution in [-0.2, 0) is 5.54 Å². The third kappa shape index (κ3) is 2.27. The van der Waals surface area contributed by atoms with Gasteiger partial charge in [-0.15, -0.1) is 0 Å². The molecule has 1 unspecified atom stereocenters. The van der Waals surface area contributed by atoms with Crippen LogP contribution in [0.5, 0.6) is 5.75 Å². The molecule has 1 atom stereocenters. The molecule has 1 spiro atoms. The van der Waals surface area contributed by atoms with Crippen LogP contribution in [0.15, 0.2) is 29.3 Å². The van der Waals surface area contributed by atoms with Crippen LogP contribution >= 0.6 is 0 Å². The number of fused-ring (bicyclic) bond motifs is 2. The van der Waals surface area contributed by atoms with Gasteiger partial charge in [0.25, 0.3) is 0 Å². The van der Waals surface area contributed by atoms with Crippen molar-refractivity contribution in [2.24, 2.45) is 16.6 Å². The fourth-order valence-corrected chi connectivity index (χ4v) is 3.69. The summed E-state index contributed by atoms with van der Waals surface area (Å²) < 4.78 is 6.18. The van der Waals surface area contributed by atoms with E-state index in [4.69, 9.17) is 10.5 Å². The van der Waals surface area contributed by atoms with Gasteiger partial charge in [0.15, 0.2) is 5.96 Å². The van der Waals surface area contributed by atoms with Gasteiger partial charge in [-0.25, -0.2) is 0 Å². The Kier molecular flexibility index (Phi) is 3.15. The van der Waals surface area contributed by atoms with Crippen LogP contribution in [0, 0.1) is 5.92 Å². The monoisotopic (exact) mass is 287 g/mol. The van der Waals surface area contributed by atoms with Crippen LogP contribution < -0.4 is 10.5 Å². The minimum atomic E-state index is -0.219.